The predicted octanol–water partition coefficient (Wildman–Crippen LogP) is 10.2. The van der Waals surface area contributed by atoms with Crippen molar-refractivity contribution in [3.63, 3.8) is 0 Å². The third-order valence-corrected chi connectivity index (χ3v) is 14.8. The van der Waals surface area contributed by atoms with E-state index >= 15 is 0 Å². The fourth-order valence-corrected chi connectivity index (χ4v) is 13.3. The molecule has 3 aromatic carbocycles. The first-order valence-electron chi connectivity index (χ1n) is 17.1. The maximum absolute atomic E-state index is 14.7. The van der Waals surface area contributed by atoms with E-state index in [1.165, 1.54) is 0 Å². The molecular formula is C40H54O7S2. The van der Waals surface area contributed by atoms with Crippen LogP contribution in [-0.4, -0.2) is 36.8 Å². The van der Waals surface area contributed by atoms with Gasteiger partial charge in [0.1, 0.15) is 39.8 Å². The summed E-state index contributed by atoms with van der Waals surface area (Å²) in [6.45, 7) is 21.9. The largest absolute Gasteiger partial charge is 0.488 e. The predicted molar refractivity (Wildman–Crippen MR) is 196 cm³/mol. The Hall–Kier alpha value is -3.01. The van der Waals surface area contributed by atoms with Crippen LogP contribution in [-0.2, 0) is 18.5 Å². The minimum absolute atomic E-state index is 0.0255. The maximum atomic E-state index is 14.7. The number of benzene rings is 3. The summed E-state index contributed by atoms with van der Waals surface area (Å²) < 4.78 is 54.5. The SMILES string of the molecule is CC(C)(C)Oc1ccc(S(OS(=O)(=O)CC23CCC(CC2=O)C3(C)C)(c2ccc(OC(C)(C)C)cc2)c2ccc(OC(C)(C)C)cc2)cc1. The fraction of sp³-hybridized carbons (Fsp3) is 0.525. The average Bonchev–Trinajstić information content (AvgIpc) is 3.29. The summed E-state index contributed by atoms with van der Waals surface area (Å²) in [5, 5.41) is 0. The molecule has 2 atom stereocenters. The monoisotopic (exact) mass is 710 g/mol. The van der Waals surface area contributed by atoms with E-state index < -0.39 is 48.1 Å². The Morgan fingerprint density at radius 3 is 1.24 bits per heavy atom. The molecule has 268 valence electrons. The first kappa shape index (κ1) is 37.3. The van der Waals surface area contributed by atoms with Crippen LogP contribution >= 0.6 is 10.3 Å². The molecule has 9 heteroatoms. The molecule has 0 radical (unpaired) electrons. The molecule has 7 nitrogen and oxygen atoms in total. The van der Waals surface area contributed by atoms with Gasteiger partial charge in [-0.3, -0.25) is 4.79 Å². The molecule has 2 unspecified atom stereocenters. The third kappa shape index (κ3) is 7.84. The van der Waals surface area contributed by atoms with Gasteiger partial charge in [-0.1, -0.05) is 13.8 Å². The maximum Gasteiger partial charge on any atom is 0.278 e. The topological polar surface area (TPSA) is 88.1 Å². The zero-order chi connectivity index (χ0) is 36.3. The summed E-state index contributed by atoms with van der Waals surface area (Å²) in [4.78, 5) is 15.5. The van der Waals surface area contributed by atoms with Crippen LogP contribution in [0.25, 0.3) is 0 Å². The van der Waals surface area contributed by atoms with Crippen LogP contribution in [0.4, 0.5) is 0 Å². The van der Waals surface area contributed by atoms with Crippen LogP contribution in [0, 0.1) is 16.7 Å². The normalized spacial score (nSPS) is 21.4. The van der Waals surface area contributed by atoms with Gasteiger partial charge in [-0.2, -0.15) is 8.42 Å². The van der Waals surface area contributed by atoms with Crippen LogP contribution in [0.3, 0.4) is 0 Å². The molecule has 0 aromatic heterocycles. The summed E-state index contributed by atoms with van der Waals surface area (Å²) >= 11 is 0. The summed E-state index contributed by atoms with van der Waals surface area (Å²) in [6, 6.07) is 22.5. The van der Waals surface area contributed by atoms with Gasteiger partial charge in [0, 0.05) is 21.1 Å². The average molecular weight is 711 g/mol. The zero-order valence-corrected chi connectivity index (χ0v) is 32.6. The van der Waals surface area contributed by atoms with Crippen LogP contribution in [0.1, 0.15) is 95.4 Å². The quantitative estimate of drug-likeness (QED) is 0.207. The number of ketones is 1. The Labute approximate surface area is 295 Å². The summed E-state index contributed by atoms with van der Waals surface area (Å²) in [5.74, 6) is 1.81. The number of fused-ring (bicyclic) bond motifs is 2. The highest BCUT2D eigenvalue weighted by molar-refractivity contribution is 8.33. The molecule has 2 saturated carbocycles. The van der Waals surface area contributed by atoms with Gasteiger partial charge in [-0.05, 0) is 170 Å². The van der Waals surface area contributed by atoms with Crippen LogP contribution in [0.5, 0.6) is 17.2 Å². The minimum atomic E-state index is -4.31. The summed E-state index contributed by atoms with van der Waals surface area (Å²) in [7, 11) is -7.26. The van der Waals surface area contributed by atoms with Crippen molar-refractivity contribution < 1.29 is 31.1 Å². The second kappa shape index (κ2) is 12.6. The molecule has 49 heavy (non-hydrogen) atoms. The molecule has 2 aliphatic rings. The van der Waals surface area contributed by atoms with E-state index in [-0.39, 0.29) is 17.5 Å². The molecule has 5 rings (SSSR count). The van der Waals surface area contributed by atoms with Gasteiger partial charge in [0.2, 0.25) is 0 Å². The van der Waals surface area contributed by atoms with Crippen molar-refractivity contribution in [2.45, 2.75) is 127 Å². The van der Waals surface area contributed by atoms with E-state index in [0.29, 0.717) is 44.8 Å². The first-order chi connectivity index (χ1) is 22.4. The molecule has 0 amide bonds. The molecular weight excluding hydrogens is 657 g/mol. The van der Waals surface area contributed by atoms with Crippen molar-refractivity contribution in [2.24, 2.45) is 16.7 Å². The number of ether oxygens (including phenoxy) is 3. The lowest BCUT2D eigenvalue weighted by Gasteiger charge is -2.42. The molecule has 0 saturated heterocycles. The Kier molecular flexibility index (Phi) is 9.61. The highest BCUT2D eigenvalue weighted by Crippen LogP contribution is 2.71. The second-order valence-electron chi connectivity index (χ2n) is 17.1. The third-order valence-electron chi connectivity index (χ3n) is 9.51. The van der Waals surface area contributed by atoms with Crippen LogP contribution in [0.2, 0.25) is 0 Å². The Morgan fingerprint density at radius 1 is 0.633 bits per heavy atom. The van der Waals surface area contributed by atoms with Crippen molar-refractivity contribution in [1.29, 1.82) is 0 Å². The number of carbonyl (C=O) groups excluding carboxylic acids is 1. The highest BCUT2D eigenvalue weighted by atomic mass is 32.3. The van der Waals surface area contributed by atoms with E-state index in [0.717, 1.165) is 6.42 Å². The molecule has 0 spiro atoms. The van der Waals surface area contributed by atoms with Gasteiger partial charge in [0.25, 0.3) is 10.1 Å². The summed E-state index contributed by atoms with van der Waals surface area (Å²) in [5.41, 5.74) is -2.69. The first-order valence-corrected chi connectivity index (χ1v) is 20.3. The van der Waals surface area contributed by atoms with Crippen molar-refractivity contribution in [1.82, 2.24) is 0 Å². The second-order valence-corrected chi connectivity index (χ2v) is 21.5. The van der Waals surface area contributed by atoms with Gasteiger partial charge in [-0.25, -0.2) is 3.63 Å². The van der Waals surface area contributed by atoms with Crippen LogP contribution < -0.4 is 14.2 Å². The van der Waals surface area contributed by atoms with E-state index in [1.54, 1.807) is 0 Å². The highest BCUT2D eigenvalue weighted by Gasteiger charge is 2.65. The number of hydrogen-bond donors (Lipinski definition) is 0. The van der Waals surface area contributed by atoms with Crippen molar-refractivity contribution in [2.75, 3.05) is 5.75 Å². The Balaban J connectivity index is 1.70. The fourth-order valence-electron chi connectivity index (χ4n) is 7.27. The van der Waals surface area contributed by atoms with Gasteiger partial charge >= 0.3 is 0 Å². The lowest BCUT2D eigenvalue weighted by atomic mass is 9.70. The Bertz CT molecular complexity index is 1610. The number of hydrogen-bond acceptors (Lipinski definition) is 7. The zero-order valence-electron chi connectivity index (χ0n) is 31.0. The van der Waals surface area contributed by atoms with Crippen molar-refractivity contribution in [3.8, 4) is 17.2 Å². The lowest BCUT2D eigenvalue weighted by molar-refractivity contribution is -0.128. The molecule has 0 N–H and O–H groups in total. The molecule has 2 fully saturated rings. The van der Waals surface area contributed by atoms with Crippen LogP contribution in [0.15, 0.2) is 87.5 Å². The number of Topliss-reactive ketones (excluding diaryl/α,β-unsaturated/α-hetero) is 1. The number of carbonyl (C=O) groups is 1. The molecule has 2 aliphatic carbocycles. The van der Waals surface area contributed by atoms with E-state index in [4.69, 9.17) is 17.8 Å². The minimum Gasteiger partial charge on any atom is -0.488 e. The lowest BCUT2D eigenvalue weighted by Crippen LogP contribution is -2.42. The number of rotatable bonds is 10. The summed E-state index contributed by atoms with van der Waals surface area (Å²) in [6.07, 6.45) is 1.80. The van der Waals surface area contributed by atoms with E-state index in [9.17, 15) is 13.2 Å². The van der Waals surface area contributed by atoms with Gasteiger partial charge < -0.3 is 14.2 Å². The van der Waals surface area contributed by atoms with Gasteiger partial charge in [-0.15, -0.1) is 0 Å². The van der Waals surface area contributed by atoms with Gasteiger partial charge in [0.15, 0.2) is 0 Å². The van der Waals surface area contributed by atoms with E-state index in [1.807, 2.05) is 149 Å². The van der Waals surface area contributed by atoms with Crippen molar-refractivity contribution >= 4 is 26.2 Å². The molecule has 0 aliphatic heterocycles. The smallest absolute Gasteiger partial charge is 0.278 e. The Morgan fingerprint density at radius 2 is 0.980 bits per heavy atom. The van der Waals surface area contributed by atoms with Gasteiger partial charge in [0.05, 0.1) is 11.2 Å². The standard InChI is InChI=1S/C40H54O7S2/c1-36(2,3)44-29-12-18-32(19-13-29)49(33-20-14-30(15-21-33)45-37(4,5)6,34-22-16-31(17-23-34)46-38(7,8)9)47-48(42,43)27-40-25-24-28(26-35(40)41)39(40,10)11/h12-23,28H,24-27H2,1-11H3. The van der Waals surface area contributed by atoms with Crippen molar-refractivity contribution in [3.05, 3.63) is 72.8 Å². The molecule has 2 bridgehead atoms. The molecule has 3 aromatic rings. The van der Waals surface area contributed by atoms with E-state index in [2.05, 4.69) is 0 Å². The molecule has 0 heterocycles.